The van der Waals surface area contributed by atoms with Crippen molar-refractivity contribution in [3.8, 4) is 11.5 Å². The first-order valence-electron chi connectivity index (χ1n) is 13.1. The van der Waals surface area contributed by atoms with E-state index in [1.807, 2.05) is 54.1 Å². The Balaban J connectivity index is 1.65. The molecule has 0 aliphatic rings. The van der Waals surface area contributed by atoms with E-state index in [1.165, 1.54) is 6.07 Å². The first kappa shape index (κ1) is 29.4. The zero-order valence-electron chi connectivity index (χ0n) is 22.5. The summed E-state index contributed by atoms with van der Waals surface area (Å²) in [6.07, 6.45) is -0.560. The Kier molecular flexibility index (Phi) is 10.1. The second-order valence-electron chi connectivity index (χ2n) is 9.53. The Morgan fingerprint density at radius 1 is 0.927 bits per heavy atom. The Morgan fingerprint density at radius 3 is 2.37 bits per heavy atom. The summed E-state index contributed by atoms with van der Waals surface area (Å²) in [6, 6.07) is 22.0. The van der Waals surface area contributed by atoms with E-state index in [0.717, 1.165) is 22.3 Å². The standard InChI is InChI=1S/C32H31NO7S/c1-21-7-5-6-10-25(21)28(13-14-30(34)35)40-29-18-24(39-19-23-15-16-41-20-23)11-12-26(29)31(36)33-27(32(37)38)17-22-8-3-2-4-9-22/h2-12,15-16,18,20,27-28H,13-14,17,19H2,1H3,(H,33,36)(H,34,35)(H,37,38). The SMILES string of the molecule is Cc1ccccc1C(CCC(=O)O)Oc1cc(OCc2ccsc2)ccc1C(=O)NC(Cc1ccccc1)C(=O)O. The normalized spacial score (nSPS) is 12.2. The summed E-state index contributed by atoms with van der Waals surface area (Å²) in [4.78, 5) is 37.0. The van der Waals surface area contributed by atoms with Gasteiger partial charge in [0.1, 0.15) is 30.3 Å². The van der Waals surface area contributed by atoms with Crippen molar-refractivity contribution in [2.75, 3.05) is 0 Å². The van der Waals surface area contributed by atoms with Crippen LogP contribution in [-0.2, 0) is 22.6 Å². The molecule has 41 heavy (non-hydrogen) atoms. The van der Waals surface area contributed by atoms with Crippen LogP contribution in [0.4, 0.5) is 0 Å². The number of nitrogens with one attached hydrogen (secondary N) is 1. The van der Waals surface area contributed by atoms with Crippen LogP contribution in [0.5, 0.6) is 11.5 Å². The van der Waals surface area contributed by atoms with Crippen molar-refractivity contribution in [3.05, 3.63) is 117 Å². The maximum atomic E-state index is 13.5. The predicted molar refractivity (Wildman–Crippen MR) is 156 cm³/mol. The molecule has 0 radical (unpaired) electrons. The molecule has 1 aromatic heterocycles. The number of carboxylic acids is 2. The molecule has 8 nitrogen and oxygen atoms in total. The highest BCUT2D eigenvalue weighted by molar-refractivity contribution is 7.07. The third-order valence-electron chi connectivity index (χ3n) is 6.49. The number of rotatable bonds is 14. The van der Waals surface area contributed by atoms with Gasteiger partial charge in [0.15, 0.2) is 0 Å². The van der Waals surface area contributed by atoms with Crippen LogP contribution in [0.25, 0.3) is 0 Å². The molecule has 0 spiro atoms. The summed E-state index contributed by atoms with van der Waals surface area (Å²) in [5, 5.41) is 25.7. The Hall–Kier alpha value is -4.63. The third kappa shape index (κ3) is 8.43. The van der Waals surface area contributed by atoms with Crippen LogP contribution in [0.3, 0.4) is 0 Å². The fraction of sp³-hybridized carbons (Fsp3) is 0.219. The number of benzene rings is 3. The van der Waals surface area contributed by atoms with Crippen LogP contribution in [0, 0.1) is 6.92 Å². The Morgan fingerprint density at radius 2 is 1.68 bits per heavy atom. The van der Waals surface area contributed by atoms with Crippen molar-refractivity contribution in [3.63, 3.8) is 0 Å². The fourth-order valence-corrected chi connectivity index (χ4v) is 4.99. The largest absolute Gasteiger partial charge is 0.489 e. The van der Waals surface area contributed by atoms with Gasteiger partial charge in [-0.25, -0.2) is 4.79 Å². The summed E-state index contributed by atoms with van der Waals surface area (Å²) in [7, 11) is 0. The molecule has 0 fully saturated rings. The van der Waals surface area contributed by atoms with Gasteiger partial charge in [0, 0.05) is 18.9 Å². The lowest BCUT2D eigenvalue weighted by Gasteiger charge is -2.23. The number of ether oxygens (including phenoxy) is 2. The molecule has 0 saturated heterocycles. The first-order valence-corrected chi connectivity index (χ1v) is 14.0. The average molecular weight is 574 g/mol. The minimum Gasteiger partial charge on any atom is -0.489 e. The molecule has 4 rings (SSSR count). The maximum Gasteiger partial charge on any atom is 0.326 e. The van der Waals surface area contributed by atoms with E-state index in [4.69, 9.17) is 9.47 Å². The number of amides is 1. The van der Waals surface area contributed by atoms with Gasteiger partial charge in [-0.2, -0.15) is 11.3 Å². The molecule has 9 heteroatoms. The number of carbonyl (C=O) groups excluding carboxylic acids is 1. The molecule has 3 N–H and O–H groups in total. The van der Waals surface area contributed by atoms with Crippen LogP contribution in [-0.4, -0.2) is 34.1 Å². The molecular formula is C32H31NO7S. The smallest absolute Gasteiger partial charge is 0.326 e. The van der Waals surface area contributed by atoms with Crippen molar-refractivity contribution in [2.24, 2.45) is 0 Å². The molecule has 0 aliphatic carbocycles. The highest BCUT2D eigenvalue weighted by Gasteiger charge is 2.25. The van der Waals surface area contributed by atoms with Gasteiger partial charge in [0.2, 0.25) is 0 Å². The number of aliphatic carboxylic acids is 2. The predicted octanol–water partition coefficient (Wildman–Crippen LogP) is 6.05. The topological polar surface area (TPSA) is 122 Å². The summed E-state index contributed by atoms with van der Waals surface area (Å²) < 4.78 is 12.3. The van der Waals surface area contributed by atoms with Crippen molar-refractivity contribution in [1.82, 2.24) is 5.32 Å². The lowest BCUT2D eigenvalue weighted by molar-refractivity contribution is -0.139. The van der Waals surface area contributed by atoms with E-state index in [0.29, 0.717) is 12.4 Å². The van der Waals surface area contributed by atoms with Gasteiger partial charge in [-0.15, -0.1) is 0 Å². The van der Waals surface area contributed by atoms with Crippen molar-refractivity contribution in [2.45, 2.75) is 44.9 Å². The number of aryl methyl sites for hydroxylation is 1. The number of carboxylic acid groups (broad SMARTS) is 2. The minimum atomic E-state index is -1.17. The van der Waals surface area contributed by atoms with Crippen LogP contribution >= 0.6 is 11.3 Å². The van der Waals surface area contributed by atoms with Gasteiger partial charge in [0.25, 0.3) is 5.91 Å². The average Bonchev–Trinajstić information content (AvgIpc) is 3.48. The van der Waals surface area contributed by atoms with Crippen LogP contribution in [0.1, 0.15) is 51.6 Å². The number of hydrogen-bond donors (Lipinski definition) is 3. The van der Waals surface area contributed by atoms with E-state index < -0.39 is 30.0 Å². The van der Waals surface area contributed by atoms with E-state index in [-0.39, 0.29) is 30.6 Å². The van der Waals surface area contributed by atoms with Gasteiger partial charge >= 0.3 is 11.9 Å². The Bertz CT molecular complexity index is 1470. The highest BCUT2D eigenvalue weighted by atomic mass is 32.1. The van der Waals surface area contributed by atoms with E-state index in [2.05, 4.69) is 5.32 Å². The second-order valence-corrected chi connectivity index (χ2v) is 10.3. The first-order chi connectivity index (χ1) is 19.8. The molecule has 2 atom stereocenters. The quantitative estimate of drug-likeness (QED) is 0.168. The van der Waals surface area contributed by atoms with E-state index in [9.17, 15) is 24.6 Å². The van der Waals surface area contributed by atoms with Gasteiger partial charge in [-0.1, -0.05) is 54.6 Å². The van der Waals surface area contributed by atoms with Gasteiger partial charge in [-0.3, -0.25) is 9.59 Å². The fourth-order valence-electron chi connectivity index (χ4n) is 4.34. The molecule has 1 amide bonds. The molecule has 0 bridgehead atoms. The Labute approximate surface area is 242 Å². The maximum absolute atomic E-state index is 13.5. The number of carbonyl (C=O) groups is 3. The second kappa shape index (κ2) is 14.1. The molecule has 3 aromatic carbocycles. The summed E-state index contributed by atoms with van der Waals surface area (Å²) in [6.45, 7) is 2.22. The third-order valence-corrected chi connectivity index (χ3v) is 7.23. The summed E-state index contributed by atoms with van der Waals surface area (Å²) in [5.74, 6) is -2.16. The van der Waals surface area contributed by atoms with E-state index >= 15 is 0 Å². The monoisotopic (exact) mass is 573 g/mol. The van der Waals surface area contributed by atoms with Gasteiger partial charge < -0.3 is 25.0 Å². The highest BCUT2D eigenvalue weighted by Crippen LogP contribution is 2.33. The summed E-state index contributed by atoms with van der Waals surface area (Å²) >= 11 is 1.55. The van der Waals surface area contributed by atoms with Crippen LogP contribution in [0.15, 0.2) is 89.6 Å². The molecule has 2 unspecified atom stereocenters. The summed E-state index contributed by atoms with van der Waals surface area (Å²) in [5.41, 5.74) is 3.57. The molecular weight excluding hydrogens is 542 g/mol. The number of hydrogen-bond acceptors (Lipinski definition) is 6. The number of thiophene rings is 1. The zero-order valence-corrected chi connectivity index (χ0v) is 23.3. The molecule has 4 aromatic rings. The lowest BCUT2D eigenvalue weighted by atomic mass is 9.99. The van der Waals surface area contributed by atoms with E-state index in [1.54, 1.807) is 47.7 Å². The van der Waals surface area contributed by atoms with Crippen molar-refractivity contribution < 1.29 is 34.1 Å². The van der Waals surface area contributed by atoms with Gasteiger partial charge in [0.05, 0.1) is 5.56 Å². The molecule has 0 saturated carbocycles. The zero-order chi connectivity index (χ0) is 29.2. The van der Waals surface area contributed by atoms with Gasteiger partial charge in [-0.05, 0) is 64.6 Å². The van der Waals surface area contributed by atoms with Crippen molar-refractivity contribution >= 4 is 29.2 Å². The molecule has 0 aliphatic heterocycles. The van der Waals surface area contributed by atoms with Crippen LogP contribution < -0.4 is 14.8 Å². The van der Waals surface area contributed by atoms with Crippen molar-refractivity contribution in [1.29, 1.82) is 0 Å². The van der Waals surface area contributed by atoms with Crippen LogP contribution in [0.2, 0.25) is 0 Å². The lowest BCUT2D eigenvalue weighted by Crippen LogP contribution is -2.42. The molecule has 212 valence electrons. The minimum absolute atomic E-state index is 0.102. The molecule has 1 heterocycles.